The van der Waals surface area contributed by atoms with Crippen LogP contribution in [0.3, 0.4) is 0 Å². The summed E-state index contributed by atoms with van der Waals surface area (Å²) in [6, 6.07) is 20.7. The van der Waals surface area contributed by atoms with Crippen molar-refractivity contribution >= 4 is 10.8 Å². The second kappa shape index (κ2) is 8.30. The first-order valence-electron chi connectivity index (χ1n) is 9.94. The molecule has 0 aromatic heterocycles. The van der Waals surface area contributed by atoms with Crippen LogP contribution in [-0.4, -0.2) is 0 Å². The quantitative estimate of drug-likeness (QED) is 0.388. The largest absolute Gasteiger partial charge is 0.164 e. The van der Waals surface area contributed by atoms with Gasteiger partial charge in [0.25, 0.3) is 0 Å². The molecule has 0 amide bonds. The maximum Gasteiger partial charge on any atom is 0 e. The van der Waals surface area contributed by atoms with Crippen LogP contribution in [0.25, 0.3) is 21.9 Å². The molecule has 0 atom stereocenters. The molecule has 0 unspecified atom stereocenters. The Kier molecular flexibility index (Phi) is 6.29. The second-order valence-corrected chi connectivity index (χ2v) is 8.27. The standard InChI is InChI=1S/C25H29.Zr/c1-3-19-10-12-21(13-11-19)23-9-7-8-22-16-20(17-24(22)23)18-25(2)14-5-4-6-15-25;/h7-13,16-17H,3-6,14-15,18H2,1-2H3;/q-1;. The van der Waals surface area contributed by atoms with Crippen molar-refractivity contribution in [3.63, 3.8) is 0 Å². The van der Waals surface area contributed by atoms with Gasteiger partial charge in [-0.25, -0.2) is 0 Å². The van der Waals surface area contributed by atoms with Gasteiger partial charge in [0.1, 0.15) is 0 Å². The van der Waals surface area contributed by atoms with E-state index in [0.29, 0.717) is 5.41 Å². The Morgan fingerprint density at radius 1 is 0.962 bits per heavy atom. The van der Waals surface area contributed by atoms with Crippen molar-refractivity contribution in [3.8, 4) is 11.1 Å². The molecule has 0 spiro atoms. The van der Waals surface area contributed by atoms with Gasteiger partial charge in [-0.3, -0.25) is 0 Å². The fraction of sp³-hybridized carbons (Fsp3) is 0.400. The predicted molar refractivity (Wildman–Crippen MR) is 109 cm³/mol. The molecule has 0 N–H and O–H groups in total. The molecule has 0 saturated heterocycles. The van der Waals surface area contributed by atoms with E-state index < -0.39 is 0 Å². The summed E-state index contributed by atoms with van der Waals surface area (Å²) in [5.41, 5.74) is 6.15. The summed E-state index contributed by atoms with van der Waals surface area (Å²) in [4.78, 5) is 0. The zero-order valence-corrected chi connectivity index (χ0v) is 18.6. The zero-order chi connectivity index (χ0) is 17.3. The Morgan fingerprint density at radius 2 is 1.69 bits per heavy atom. The van der Waals surface area contributed by atoms with Gasteiger partial charge in [0.2, 0.25) is 0 Å². The Labute approximate surface area is 177 Å². The van der Waals surface area contributed by atoms with E-state index in [1.54, 1.807) is 0 Å². The molecule has 1 aliphatic rings. The van der Waals surface area contributed by atoms with Crippen LogP contribution < -0.4 is 0 Å². The normalized spacial score (nSPS) is 16.4. The van der Waals surface area contributed by atoms with Crippen LogP contribution >= 0.6 is 0 Å². The molecule has 1 fully saturated rings. The van der Waals surface area contributed by atoms with E-state index in [-0.39, 0.29) is 26.2 Å². The average Bonchev–Trinajstić information content (AvgIpc) is 3.04. The molecule has 0 bridgehead atoms. The van der Waals surface area contributed by atoms with Gasteiger partial charge in [0, 0.05) is 26.2 Å². The first-order valence-corrected chi connectivity index (χ1v) is 9.94. The van der Waals surface area contributed by atoms with Crippen molar-refractivity contribution in [1.82, 2.24) is 0 Å². The Hall–Kier alpha value is -1.07. The Bertz CT molecular complexity index is 847. The van der Waals surface area contributed by atoms with Crippen LogP contribution in [0.4, 0.5) is 0 Å². The number of hydrogen-bond acceptors (Lipinski definition) is 0. The van der Waals surface area contributed by atoms with Crippen molar-refractivity contribution < 1.29 is 26.2 Å². The van der Waals surface area contributed by atoms with Crippen LogP contribution in [0.5, 0.6) is 0 Å². The van der Waals surface area contributed by atoms with Crippen molar-refractivity contribution in [3.05, 3.63) is 65.7 Å². The number of benzene rings is 2. The summed E-state index contributed by atoms with van der Waals surface area (Å²) in [6.45, 7) is 4.71. The molecule has 1 saturated carbocycles. The molecule has 3 aromatic rings. The zero-order valence-electron chi connectivity index (χ0n) is 16.1. The first-order chi connectivity index (χ1) is 12.2. The summed E-state index contributed by atoms with van der Waals surface area (Å²) in [5, 5.41) is 2.81. The summed E-state index contributed by atoms with van der Waals surface area (Å²) >= 11 is 0. The van der Waals surface area contributed by atoms with Crippen molar-refractivity contribution in [2.24, 2.45) is 5.41 Å². The minimum atomic E-state index is 0. The summed E-state index contributed by atoms with van der Waals surface area (Å²) in [5.74, 6) is 0. The van der Waals surface area contributed by atoms with Crippen molar-refractivity contribution in [2.75, 3.05) is 0 Å². The molecular weight excluding hydrogens is 391 g/mol. The second-order valence-electron chi connectivity index (χ2n) is 8.27. The topological polar surface area (TPSA) is 0 Å². The van der Waals surface area contributed by atoms with Crippen LogP contribution in [-0.2, 0) is 39.0 Å². The van der Waals surface area contributed by atoms with E-state index in [4.69, 9.17) is 0 Å². The third kappa shape index (κ3) is 4.09. The molecule has 4 rings (SSSR count). The third-order valence-electron chi connectivity index (χ3n) is 6.18. The van der Waals surface area contributed by atoms with Gasteiger partial charge < -0.3 is 0 Å². The van der Waals surface area contributed by atoms with Gasteiger partial charge in [-0.2, -0.15) is 6.07 Å². The molecular formula is C25H29Zr-. The minimum Gasteiger partial charge on any atom is -0.164 e. The van der Waals surface area contributed by atoms with E-state index in [1.807, 2.05) is 0 Å². The summed E-state index contributed by atoms with van der Waals surface area (Å²) < 4.78 is 0. The van der Waals surface area contributed by atoms with E-state index in [2.05, 4.69) is 68.4 Å². The molecule has 0 nitrogen and oxygen atoms in total. The van der Waals surface area contributed by atoms with E-state index in [1.165, 1.54) is 71.6 Å². The van der Waals surface area contributed by atoms with E-state index >= 15 is 0 Å². The summed E-state index contributed by atoms with van der Waals surface area (Å²) in [6.07, 6.45) is 9.35. The molecule has 0 aliphatic heterocycles. The number of rotatable bonds is 4. The molecule has 3 aromatic carbocycles. The van der Waals surface area contributed by atoms with Crippen molar-refractivity contribution in [2.45, 2.75) is 58.8 Å². The fourth-order valence-electron chi connectivity index (χ4n) is 4.65. The molecule has 0 heterocycles. The summed E-state index contributed by atoms with van der Waals surface area (Å²) in [7, 11) is 0. The van der Waals surface area contributed by atoms with Gasteiger partial charge in [0.05, 0.1) is 0 Å². The monoisotopic (exact) mass is 419 g/mol. The van der Waals surface area contributed by atoms with Gasteiger partial charge in [-0.15, -0.1) is 34.5 Å². The SMILES string of the molecule is CCc1ccc(-c2cccc3[cH-]c(CC4(C)CCCCC4)cc23)cc1.[Zr]. The van der Waals surface area contributed by atoms with E-state index in [9.17, 15) is 0 Å². The molecule has 1 aliphatic carbocycles. The third-order valence-corrected chi connectivity index (χ3v) is 6.18. The van der Waals surface area contributed by atoms with Gasteiger partial charge in [-0.1, -0.05) is 69.0 Å². The van der Waals surface area contributed by atoms with Crippen LogP contribution in [0, 0.1) is 5.41 Å². The molecule has 0 radical (unpaired) electrons. The predicted octanol–water partition coefficient (Wildman–Crippen LogP) is 7.30. The molecule has 26 heavy (non-hydrogen) atoms. The maximum absolute atomic E-state index is 2.49. The van der Waals surface area contributed by atoms with Crippen LogP contribution in [0.2, 0.25) is 0 Å². The van der Waals surface area contributed by atoms with E-state index in [0.717, 1.165) is 6.42 Å². The van der Waals surface area contributed by atoms with Gasteiger partial charge in [0.15, 0.2) is 0 Å². The fourth-order valence-corrected chi connectivity index (χ4v) is 4.65. The minimum absolute atomic E-state index is 0. The Morgan fingerprint density at radius 3 is 2.38 bits per heavy atom. The van der Waals surface area contributed by atoms with Crippen LogP contribution in [0.15, 0.2) is 54.6 Å². The van der Waals surface area contributed by atoms with Gasteiger partial charge >= 0.3 is 0 Å². The van der Waals surface area contributed by atoms with Gasteiger partial charge in [-0.05, 0) is 42.2 Å². The average molecular weight is 421 g/mol. The maximum atomic E-state index is 2.49. The first kappa shape index (κ1) is 19.7. The van der Waals surface area contributed by atoms with Crippen LogP contribution in [0.1, 0.15) is 57.1 Å². The molecule has 1 heteroatoms. The Balaban J connectivity index is 0.00000196. The number of hydrogen-bond donors (Lipinski definition) is 0. The number of fused-ring (bicyclic) bond motifs is 1. The molecule has 134 valence electrons. The van der Waals surface area contributed by atoms with Crippen molar-refractivity contribution in [1.29, 1.82) is 0 Å². The smallest absolute Gasteiger partial charge is 0 e. The number of aryl methyl sites for hydroxylation is 1.